The van der Waals surface area contributed by atoms with E-state index in [9.17, 15) is 14.4 Å². The lowest BCUT2D eigenvalue weighted by atomic mass is 10.2. The fraction of sp³-hybridized carbons (Fsp3) is 0.700. The zero-order valence-electron chi connectivity index (χ0n) is 9.98. The first kappa shape index (κ1) is 14.6. The van der Waals surface area contributed by atoms with Crippen molar-refractivity contribution in [1.82, 2.24) is 4.90 Å². The van der Waals surface area contributed by atoms with E-state index in [1.54, 1.807) is 27.8 Å². The predicted molar refractivity (Wildman–Crippen MR) is 55.9 cm³/mol. The van der Waals surface area contributed by atoms with Crippen LogP contribution < -0.4 is 0 Å². The summed E-state index contributed by atoms with van der Waals surface area (Å²) in [6, 6.07) is 0. The van der Waals surface area contributed by atoms with Gasteiger partial charge in [-0.2, -0.15) is 0 Å². The summed E-state index contributed by atoms with van der Waals surface area (Å²) < 4.78 is 9.17. The van der Waals surface area contributed by atoms with E-state index in [-0.39, 0.29) is 13.1 Å². The van der Waals surface area contributed by atoms with Crippen LogP contribution in [-0.4, -0.2) is 49.0 Å². The smallest absolute Gasteiger partial charge is 0.428 e. The molecule has 6 heteroatoms. The van der Waals surface area contributed by atoms with E-state index in [1.807, 2.05) is 0 Å². The van der Waals surface area contributed by atoms with Crippen LogP contribution in [-0.2, 0) is 19.1 Å². The fourth-order valence-electron chi connectivity index (χ4n) is 0.808. The highest BCUT2D eigenvalue weighted by atomic mass is 16.7. The first-order chi connectivity index (χ1) is 7.24. The van der Waals surface area contributed by atoms with Crippen molar-refractivity contribution >= 4 is 18.4 Å². The van der Waals surface area contributed by atoms with E-state index in [0.29, 0.717) is 6.29 Å². The molecule has 0 spiro atoms. The Bertz CT molecular complexity index is 269. The number of hydrogen-bond acceptors (Lipinski definition) is 6. The summed E-state index contributed by atoms with van der Waals surface area (Å²) >= 11 is 0. The summed E-state index contributed by atoms with van der Waals surface area (Å²) in [6.07, 6.45) is -0.377. The second-order valence-corrected chi connectivity index (χ2v) is 4.30. The molecule has 0 unspecified atom stereocenters. The van der Waals surface area contributed by atoms with Gasteiger partial charge >= 0.3 is 12.1 Å². The molecule has 0 atom stereocenters. The summed E-state index contributed by atoms with van der Waals surface area (Å²) in [5.41, 5.74) is -0.702. The molecule has 16 heavy (non-hydrogen) atoms. The molecule has 0 fully saturated rings. The van der Waals surface area contributed by atoms with Crippen molar-refractivity contribution in [2.24, 2.45) is 0 Å². The Balaban J connectivity index is 3.96. The van der Waals surface area contributed by atoms with E-state index in [0.717, 1.165) is 0 Å². The van der Waals surface area contributed by atoms with Crippen molar-refractivity contribution in [2.75, 3.05) is 20.1 Å². The number of aldehydes is 1. The van der Waals surface area contributed by atoms with E-state index < -0.39 is 17.7 Å². The highest BCUT2D eigenvalue weighted by Crippen LogP contribution is 2.08. The van der Waals surface area contributed by atoms with Gasteiger partial charge in [0.25, 0.3) is 0 Å². The summed E-state index contributed by atoms with van der Waals surface area (Å²) in [5.74, 6) is -0.751. The molecule has 6 nitrogen and oxygen atoms in total. The zero-order chi connectivity index (χ0) is 12.8. The third-order valence-corrected chi connectivity index (χ3v) is 1.37. The Hall–Kier alpha value is -1.43. The van der Waals surface area contributed by atoms with Gasteiger partial charge in [-0.3, -0.25) is 9.69 Å². The van der Waals surface area contributed by atoms with Crippen LogP contribution in [0.25, 0.3) is 0 Å². The van der Waals surface area contributed by atoms with Crippen molar-refractivity contribution in [3.8, 4) is 0 Å². The first-order valence-electron chi connectivity index (χ1n) is 4.80. The average molecular weight is 231 g/mol. The molecule has 0 aromatic carbocycles. The van der Waals surface area contributed by atoms with Crippen LogP contribution in [0.15, 0.2) is 0 Å². The van der Waals surface area contributed by atoms with Crippen molar-refractivity contribution in [2.45, 2.75) is 26.4 Å². The molecule has 0 aliphatic rings. The van der Waals surface area contributed by atoms with Crippen LogP contribution in [0, 0.1) is 0 Å². The van der Waals surface area contributed by atoms with Gasteiger partial charge in [0.1, 0.15) is 11.9 Å². The number of rotatable bonds is 4. The second-order valence-electron chi connectivity index (χ2n) is 4.30. The molecule has 0 heterocycles. The number of nitrogens with zero attached hydrogens (tertiary/aromatic N) is 1. The third kappa shape index (κ3) is 7.93. The molecule has 0 rings (SSSR count). The van der Waals surface area contributed by atoms with Gasteiger partial charge < -0.3 is 14.3 Å². The minimum Gasteiger partial charge on any atom is -0.428 e. The molecule has 0 saturated heterocycles. The van der Waals surface area contributed by atoms with Gasteiger partial charge in [0.2, 0.25) is 0 Å². The summed E-state index contributed by atoms with van der Waals surface area (Å²) in [4.78, 5) is 33.7. The Labute approximate surface area is 94.5 Å². The fourth-order valence-corrected chi connectivity index (χ4v) is 0.808. The average Bonchev–Trinajstić information content (AvgIpc) is 1.98. The molecule has 92 valence electrons. The summed E-state index contributed by atoms with van der Waals surface area (Å²) in [5, 5.41) is 0. The van der Waals surface area contributed by atoms with Crippen molar-refractivity contribution in [3.63, 3.8) is 0 Å². The maximum absolute atomic E-state index is 11.1. The molecule has 0 radical (unpaired) electrons. The minimum absolute atomic E-state index is 0.101. The zero-order valence-corrected chi connectivity index (χ0v) is 9.98. The summed E-state index contributed by atoms with van der Waals surface area (Å²) in [6.45, 7) is 4.95. The number of likely N-dealkylation sites (N-methyl/N-ethyl adjacent to an activating group) is 1. The maximum atomic E-state index is 11.1. The van der Waals surface area contributed by atoms with Gasteiger partial charge in [-0.25, -0.2) is 4.79 Å². The van der Waals surface area contributed by atoms with Gasteiger partial charge in [0.15, 0.2) is 0 Å². The Morgan fingerprint density at radius 3 is 2.31 bits per heavy atom. The van der Waals surface area contributed by atoms with E-state index in [4.69, 9.17) is 4.74 Å². The number of hydrogen-bond donors (Lipinski definition) is 0. The summed E-state index contributed by atoms with van der Waals surface area (Å²) in [7, 11) is 1.56. The van der Waals surface area contributed by atoms with Gasteiger partial charge in [0.05, 0.1) is 13.1 Å². The van der Waals surface area contributed by atoms with Gasteiger partial charge in [-0.05, 0) is 27.8 Å². The molecular weight excluding hydrogens is 214 g/mol. The second kappa shape index (κ2) is 6.22. The largest absolute Gasteiger partial charge is 0.516 e. The molecule has 0 aliphatic heterocycles. The van der Waals surface area contributed by atoms with E-state index in [1.165, 1.54) is 4.90 Å². The lowest BCUT2D eigenvalue weighted by molar-refractivity contribution is -0.142. The number of esters is 1. The molecular formula is C10H17NO5. The maximum Gasteiger partial charge on any atom is 0.516 e. The number of carbonyl (C=O) groups excluding carboxylic acids is 3. The molecule has 0 N–H and O–H groups in total. The molecule has 0 aliphatic carbocycles. The van der Waals surface area contributed by atoms with Crippen molar-refractivity contribution in [1.29, 1.82) is 0 Å². The van der Waals surface area contributed by atoms with Crippen LogP contribution in [0.5, 0.6) is 0 Å². The Morgan fingerprint density at radius 1 is 1.31 bits per heavy atom. The van der Waals surface area contributed by atoms with Crippen molar-refractivity contribution in [3.05, 3.63) is 0 Å². The molecule has 0 aromatic rings. The first-order valence-corrected chi connectivity index (χ1v) is 4.80. The van der Waals surface area contributed by atoms with Crippen LogP contribution >= 0.6 is 0 Å². The van der Waals surface area contributed by atoms with Gasteiger partial charge in [-0.15, -0.1) is 0 Å². The normalized spacial score (nSPS) is 11.1. The lowest BCUT2D eigenvalue weighted by Crippen LogP contribution is -2.32. The van der Waals surface area contributed by atoms with Crippen LogP contribution in [0.1, 0.15) is 20.8 Å². The van der Waals surface area contributed by atoms with Crippen LogP contribution in [0.3, 0.4) is 0 Å². The van der Waals surface area contributed by atoms with E-state index >= 15 is 0 Å². The monoisotopic (exact) mass is 231 g/mol. The van der Waals surface area contributed by atoms with Gasteiger partial charge in [0, 0.05) is 0 Å². The predicted octanol–water partition coefficient (Wildman–Crippen LogP) is 0.595. The topological polar surface area (TPSA) is 72.9 Å². The van der Waals surface area contributed by atoms with Gasteiger partial charge in [-0.1, -0.05) is 0 Å². The van der Waals surface area contributed by atoms with E-state index in [2.05, 4.69) is 4.74 Å². The number of ether oxygens (including phenoxy) is 2. The SMILES string of the molecule is CN(CC=O)CC(=O)OC(=O)OC(C)(C)C. The lowest BCUT2D eigenvalue weighted by Gasteiger charge is -2.18. The Kier molecular flexibility index (Phi) is 5.66. The number of carbonyl (C=O) groups is 3. The molecule has 0 aromatic heterocycles. The standard InChI is InChI=1S/C10H17NO5/c1-10(2,3)16-9(14)15-8(13)7-11(4)5-6-12/h6H,5,7H2,1-4H3. The van der Waals surface area contributed by atoms with Crippen LogP contribution in [0.4, 0.5) is 4.79 Å². The minimum atomic E-state index is -1.03. The van der Waals surface area contributed by atoms with Crippen molar-refractivity contribution < 1.29 is 23.9 Å². The molecule has 0 amide bonds. The molecule has 0 bridgehead atoms. The third-order valence-electron chi connectivity index (χ3n) is 1.37. The quantitative estimate of drug-likeness (QED) is 0.400. The molecule has 0 saturated carbocycles. The highest BCUT2D eigenvalue weighted by molar-refractivity contribution is 5.83. The highest BCUT2D eigenvalue weighted by Gasteiger charge is 2.20. The Morgan fingerprint density at radius 2 is 1.88 bits per heavy atom. The van der Waals surface area contributed by atoms with Crippen LogP contribution in [0.2, 0.25) is 0 Å².